The summed E-state index contributed by atoms with van der Waals surface area (Å²) >= 11 is 0. The lowest BCUT2D eigenvalue weighted by molar-refractivity contribution is -0.222. The lowest BCUT2D eigenvalue weighted by Gasteiger charge is -2.46. The molecular formula is C8H13FO4S. The Bertz CT molecular complexity index is 309. The molecule has 1 heterocycles. The topological polar surface area (TPSA) is 52.6 Å². The van der Waals surface area contributed by atoms with Crippen LogP contribution in [0.15, 0.2) is 0 Å². The van der Waals surface area contributed by atoms with Gasteiger partial charge in [0.2, 0.25) is 0 Å². The number of ether oxygens (including phenoxy) is 2. The van der Waals surface area contributed by atoms with E-state index in [1.807, 2.05) is 0 Å². The zero-order valence-corrected chi connectivity index (χ0v) is 8.56. The van der Waals surface area contributed by atoms with Crippen molar-refractivity contribution in [2.24, 2.45) is 0 Å². The highest BCUT2D eigenvalue weighted by Gasteiger charge is 2.44. The van der Waals surface area contributed by atoms with Gasteiger partial charge in [0.1, 0.15) is 5.75 Å². The van der Waals surface area contributed by atoms with Crippen LogP contribution in [0.1, 0.15) is 19.3 Å². The molecule has 1 unspecified atom stereocenters. The summed E-state index contributed by atoms with van der Waals surface area (Å²) in [7, 11) is -4.46. The van der Waals surface area contributed by atoms with Crippen LogP contribution < -0.4 is 0 Å². The fourth-order valence-electron chi connectivity index (χ4n) is 1.94. The first-order valence-electron chi connectivity index (χ1n) is 4.67. The second kappa shape index (κ2) is 3.43. The third kappa shape index (κ3) is 2.24. The van der Waals surface area contributed by atoms with Gasteiger partial charge in [-0.1, -0.05) is 0 Å². The molecule has 14 heavy (non-hydrogen) atoms. The lowest BCUT2D eigenvalue weighted by atomic mass is 9.80. The zero-order chi connectivity index (χ0) is 10.2. The highest BCUT2D eigenvalue weighted by molar-refractivity contribution is 7.86. The molecule has 0 aromatic heterocycles. The Morgan fingerprint density at radius 3 is 2.64 bits per heavy atom. The van der Waals surface area contributed by atoms with Crippen molar-refractivity contribution in [2.75, 3.05) is 19.0 Å². The summed E-state index contributed by atoms with van der Waals surface area (Å²) in [5.41, 5.74) is -0.312. The van der Waals surface area contributed by atoms with E-state index in [1.165, 1.54) is 0 Å². The van der Waals surface area contributed by atoms with Crippen molar-refractivity contribution in [2.45, 2.75) is 31.0 Å². The maximum atomic E-state index is 12.4. The Labute approximate surface area is 82.6 Å². The number of rotatable bonds is 2. The molecule has 0 aromatic carbocycles. The summed E-state index contributed by atoms with van der Waals surface area (Å²) in [6.07, 6.45) is 2.20. The normalized spacial score (nSPS) is 31.4. The summed E-state index contributed by atoms with van der Waals surface area (Å²) in [4.78, 5) is 0. The summed E-state index contributed by atoms with van der Waals surface area (Å²) in [6.45, 7) is 0.681. The third-order valence-corrected chi connectivity index (χ3v) is 3.51. The second-order valence-corrected chi connectivity index (χ2v) is 5.41. The molecule has 0 bridgehead atoms. The molecule has 1 aliphatic carbocycles. The van der Waals surface area contributed by atoms with Crippen LogP contribution in [0.25, 0.3) is 0 Å². The van der Waals surface area contributed by atoms with E-state index in [4.69, 9.17) is 9.47 Å². The van der Waals surface area contributed by atoms with Gasteiger partial charge in [-0.05, 0) is 19.3 Å². The van der Waals surface area contributed by atoms with E-state index in [9.17, 15) is 12.3 Å². The van der Waals surface area contributed by atoms with Crippen LogP contribution in [0.3, 0.4) is 0 Å². The summed E-state index contributed by atoms with van der Waals surface area (Å²) in [6, 6.07) is 0. The standard InChI is InChI=1S/C8H13FO4S/c9-14(10,11)5-7-4-12-6-8(13-7)2-1-3-8/h7H,1-6H2. The van der Waals surface area contributed by atoms with E-state index >= 15 is 0 Å². The molecule has 1 spiro atoms. The predicted octanol–water partition coefficient (Wildman–Crippen LogP) is 0.624. The number of hydrogen-bond donors (Lipinski definition) is 0. The molecule has 2 fully saturated rings. The van der Waals surface area contributed by atoms with Gasteiger partial charge in [0.05, 0.1) is 24.9 Å². The van der Waals surface area contributed by atoms with Gasteiger partial charge in [-0.15, -0.1) is 3.89 Å². The lowest BCUT2D eigenvalue weighted by Crippen LogP contribution is -2.53. The fraction of sp³-hybridized carbons (Fsp3) is 1.00. The molecular weight excluding hydrogens is 211 g/mol. The second-order valence-electron chi connectivity index (χ2n) is 4.00. The van der Waals surface area contributed by atoms with E-state index in [0.717, 1.165) is 19.3 Å². The highest BCUT2D eigenvalue weighted by atomic mass is 32.3. The fourth-order valence-corrected chi connectivity index (χ4v) is 2.54. The minimum absolute atomic E-state index is 0.172. The molecule has 2 aliphatic rings. The molecule has 1 saturated heterocycles. The molecule has 82 valence electrons. The molecule has 6 heteroatoms. The highest BCUT2D eigenvalue weighted by Crippen LogP contribution is 2.39. The van der Waals surface area contributed by atoms with Crippen molar-refractivity contribution in [3.63, 3.8) is 0 Å². The summed E-state index contributed by atoms with van der Waals surface area (Å²) < 4.78 is 44.0. The molecule has 0 radical (unpaired) electrons. The minimum Gasteiger partial charge on any atom is -0.376 e. The molecule has 0 amide bonds. The van der Waals surface area contributed by atoms with Gasteiger partial charge in [0, 0.05) is 0 Å². The Hall–Kier alpha value is -0.200. The third-order valence-electron chi connectivity index (χ3n) is 2.74. The van der Waals surface area contributed by atoms with E-state index in [0.29, 0.717) is 6.61 Å². The maximum Gasteiger partial charge on any atom is 0.305 e. The van der Waals surface area contributed by atoms with Crippen LogP contribution in [0.5, 0.6) is 0 Å². The van der Waals surface area contributed by atoms with Gasteiger partial charge in [0.25, 0.3) is 0 Å². The first-order chi connectivity index (χ1) is 6.49. The van der Waals surface area contributed by atoms with Gasteiger partial charge in [-0.2, -0.15) is 8.42 Å². The Kier molecular flexibility index (Phi) is 2.53. The van der Waals surface area contributed by atoms with E-state index in [-0.39, 0.29) is 12.2 Å². The molecule has 1 atom stereocenters. The van der Waals surface area contributed by atoms with E-state index in [1.54, 1.807) is 0 Å². The van der Waals surface area contributed by atoms with Gasteiger partial charge in [0.15, 0.2) is 0 Å². The van der Waals surface area contributed by atoms with Crippen molar-refractivity contribution in [3.05, 3.63) is 0 Å². The molecule has 4 nitrogen and oxygen atoms in total. The van der Waals surface area contributed by atoms with Gasteiger partial charge >= 0.3 is 10.2 Å². The van der Waals surface area contributed by atoms with Crippen molar-refractivity contribution < 1.29 is 21.8 Å². The van der Waals surface area contributed by atoms with Crippen molar-refractivity contribution >= 4 is 10.2 Å². The Morgan fingerprint density at radius 2 is 2.14 bits per heavy atom. The van der Waals surface area contributed by atoms with Crippen molar-refractivity contribution in [1.82, 2.24) is 0 Å². The van der Waals surface area contributed by atoms with E-state index < -0.39 is 22.1 Å². The molecule has 2 rings (SSSR count). The van der Waals surface area contributed by atoms with Gasteiger partial charge < -0.3 is 9.47 Å². The summed E-state index contributed by atoms with van der Waals surface area (Å²) in [5.74, 6) is -0.589. The molecule has 0 aromatic rings. The minimum atomic E-state index is -4.46. The quantitative estimate of drug-likeness (QED) is 0.645. The number of hydrogen-bond acceptors (Lipinski definition) is 4. The largest absolute Gasteiger partial charge is 0.376 e. The van der Waals surface area contributed by atoms with Crippen LogP contribution in [-0.4, -0.2) is 39.1 Å². The first kappa shape index (κ1) is 10.3. The monoisotopic (exact) mass is 224 g/mol. The maximum absolute atomic E-state index is 12.4. The van der Waals surface area contributed by atoms with Crippen molar-refractivity contribution in [1.29, 1.82) is 0 Å². The Morgan fingerprint density at radius 1 is 1.43 bits per heavy atom. The first-order valence-corrected chi connectivity index (χ1v) is 6.22. The van der Waals surface area contributed by atoms with Crippen LogP contribution in [0.4, 0.5) is 3.89 Å². The molecule has 0 N–H and O–H groups in total. The SMILES string of the molecule is O=S(=O)(F)CC1COCC2(CCC2)O1. The van der Waals surface area contributed by atoms with E-state index in [2.05, 4.69) is 0 Å². The average molecular weight is 224 g/mol. The van der Waals surface area contributed by atoms with Gasteiger partial charge in [-0.25, -0.2) is 0 Å². The smallest absolute Gasteiger partial charge is 0.305 e. The predicted molar refractivity (Wildman–Crippen MR) is 47.2 cm³/mol. The van der Waals surface area contributed by atoms with Crippen molar-refractivity contribution in [3.8, 4) is 0 Å². The Balaban J connectivity index is 1.94. The van der Waals surface area contributed by atoms with Gasteiger partial charge in [-0.3, -0.25) is 0 Å². The summed E-state index contributed by atoms with van der Waals surface area (Å²) in [5, 5.41) is 0. The average Bonchev–Trinajstić information content (AvgIpc) is 1.99. The zero-order valence-electron chi connectivity index (χ0n) is 7.74. The van der Waals surface area contributed by atoms with Crippen LogP contribution in [0.2, 0.25) is 0 Å². The van der Waals surface area contributed by atoms with Crippen LogP contribution in [0, 0.1) is 0 Å². The molecule has 1 saturated carbocycles. The molecule has 1 aliphatic heterocycles. The van der Waals surface area contributed by atoms with Crippen LogP contribution >= 0.6 is 0 Å². The number of halogens is 1. The van der Waals surface area contributed by atoms with Crippen LogP contribution in [-0.2, 0) is 19.7 Å².